The van der Waals surface area contributed by atoms with E-state index in [0.29, 0.717) is 0 Å². The predicted molar refractivity (Wildman–Crippen MR) is 147 cm³/mol. The van der Waals surface area contributed by atoms with Gasteiger partial charge in [0.2, 0.25) is 0 Å². The number of H-pyrrole nitrogens is 1. The summed E-state index contributed by atoms with van der Waals surface area (Å²) in [7, 11) is -4.28. The lowest BCUT2D eigenvalue weighted by Crippen LogP contribution is -2.43. The molecule has 2 heterocycles. The first-order chi connectivity index (χ1) is 18.4. The summed E-state index contributed by atoms with van der Waals surface area (Å²) in [5.41, 5.74) is -2.43. The van der Waals surface area contributed by atoms with Gasteiger partial charge in [-0.3, -0.25) is 33.0 Å². The van der Waals surface area contributed by atoms with Crippen molar-refractivity contribution in [3.05, 3.63) is 33.1 Å². The number of nitrogens with one attached hydrogen (secondary N) is 2. The Morgan fingerprint density at radius 2 is 1.98 bits per heavy atom. The van der Waals surface area contributed by atoms with Gasteiger partial charge in [-0.2, -0.15) is 0 Å². The molecule has 40 heavy (non-hydrogen) atoms. The third kappa shape index (κ3) is 8.97. The summed E-state index contributed by atoms with van der Waals surface area (Å²) in [4.78, 5) is 48.8. The molecule has 0 radical (unpaired) electrons. The van der Waals surface area contributed by atoms with E-state index in [4.69, 9.17) is 30.1 Å². The number of nitrogens with zero attached hydrogens (tertiary/aromatic N) is 1. The molecule has 1 aromatic rings. The number of aromatic nitrogens is 2. The Bertz CT molecular complexity index is 1200. The summed E-state index contributed by atoms with van der Waals surface area (Å²) in [6.07, 6.45) is -3.13. The van der Waals surface area contributed by atoms with Gasteiger partial charge in [0.15, 0.2) is 11.3 Å². The van der Waals surface area contributed by atoms with Crippen LogP contribution in [0.4, 0.5) is 0 Å². The van der Waals surface area contributed by atoms with Crippen molar-refractivity contribution in [2.24, 2.45) is 5.41 Å². The summed E-state index contributed by atoms with van der Waals surface area (Å²) in [5.74, 6) is -0.665. The Hall–Kier alpha value is -1.55. The number of aromatic amines is 1. The average molecular weight is 630 g/mol. The van der Waals surface area contributed by atoms with Crippen LogP contribution in [0, 0.1) is 5.41 Å². The molecule has 1 saturated heterocycles. The fourth-order valence-electron chi connectivity index (χ4n) is 3.42. The number of thioether (sulfide) groups is 1. The lowest BCUT2D eigenvalue weighted by Gasteiger charge is -2.26. The van der Waals surface area contributed by atoms with E-state index in [-0.39, 0.29) is 24.1 Å². The number of ether oxygens (including phenoxy) is 2. The van der Waals surface area contributed by atoms with Crippen molar-refractivity contribution in [2.75, 3.05) is 25.6 Å². The summed E-state index contributed by atoms with van der Waals surface area (Å²) in [6, 6.07) is -0.0434. The molecule has 0 aliphatic carbocycles. The maximum absolute atomic E-state index is 13.6. The SMILES string of the molecule is CC(C)OC(=O)[C@@H](C)NP(=O)(OCCSC(=O)C(C)(C)CO)OC[C@H]1O[C@@H](n2ccc(=O)[nH]c2=O)[C@](C)(Cl)[C@@H]1O. The van der Waals surface area contributed by atoms with E-state index in [1.165, 1.54) is 13.8 Å². The average Bonchev–Trinajstić information content (AvgIpc) is 3.08. The fourth-order valence-corrected chi connectivity index (χ4v) is 6.13. The third-order valence-corrected chi connectivity index (χ3v) is 9.12. The van der Waals surface area contributed by atoms with Crippen LogP contribution in [0.5, 0.6) is 0 Å². The number of rotatable bonds is 14. The molecule has 1 aliphatic rings. The molecule has 2 rings (SSSR count). The van der Waals surface area contributed by atoms with Crippen LogP contribution in [0.3, 0.4) is 0 Å². The molecular formula is C23H37ClN3O11PS. The normalized spacial score (nSPS) is 25.5. The Morgan fingerprint density at radius 3 is 2.55 bits per heavy atom. The van der Waals surface area contributed by atoms with Gasteiger partial charge < -0.3 is 19.7 Å². The first-order valence-electron chi connectivity index (χ1n) is 12.4. The van der Waals surface area contributed by atoms with Crippen molar-refractivity contribution >= 4 is 42.2 Å². The molecule has 1 fully saturated rings. The highest BCUT2D eigenvalue weighted by Crippen LogP contribution is 2.48. The van der Waals surface area contributed by atoms with Gasteiger partial charge in [-0.1, -0.05) is 11.8 Å². The van der Waals surface area contributed by atoms with Crippen LogP contribution in [0.2, 0.25) is 0 Å². The minimum absolute atomic E-state index is 0.0572. The number of halogens is 1. The fraction of sp³-hybridized carbons (Fsp3) is 0.739. The van der Waals surface area contributed by atoms with Crippen LogP contribution in [0.25, 0.3) is 0 Å². The summed E-state index contributed by atoms with van der Waals surface area (Å²) in [5, 5.41) is 22.4. The van der Waals surface area contributed by atoms with E-state index >= 15 is 0 Å². The molecule has 6 atom stereocenters. The molecule has 1 aliphatic heterocycles. The smallest absolute Gasteiger partial charge is 0.406 e. The Kier molecular flexibility index (Phi) is 12.2. The molecule has 0 spiro atoms. The molecule has 0 saturated carbocycles. The van der Waals surface area contributed by atoms with Gasteiger partial charge in [-0.15, -0.1) is 11.6 Å². The molecule has 1 aromatic heterocycles. The first-order valence-corrected chi connectivity index (χ1v) is 15.3. The van der Waals surface area contributed by atoms with Crippen LogP contribution >= 0.6 is 31.1 Å². The molecule has 0 amide bonds. The largest absolute Gasteiger partial charge is 0.462 e. The van der Waals surface area contributed by atoms with Crippen LogP contribution in [-0.4, -0.2) is 85.7 Å². The Morgan fingerprint density at radius 1 is 1.32 bits per heavy atom. The maximum atomic E-state index is 13.6. The zero-order valence-corrected chi connectivity index (χ0v) is 25.6. The molecule has 228 valence electrons. The van der Waals surface area contributed by atoms with E-state index in [1.807, 2.05) is 0 Å². The van der Waals surface area contributed by atoms with Gasteiger partial charge in [-0.25, -0.2) is 14.4 Å². The number of carbonyl (C=O) groups is 2. The summed E-state index contributed by atoms with van der Waals surface area (Å²) in [6.45, 7) is 8.11. The lowest BCUT2D eigenvalue weighted by molar-refractivity contribution is -0.149. The molecule has 0 bridgehead atoms. The zero-order chi connectivity index (χ0) is 30.5. The number of carbonyl (C=O) groups excluding carboxylic acids is 2. The van der Waals surface area contributed by atoms with E-state index in [0.717, 1.165) is 28.6 Å². The van der Waals surface area contributed by atoms with Crippen molar-refractivity contribution in [1.29, 1.82) is 0 Å². The van der Waals surface area contributed by atoms with Gasteiger partial charge in [0.25, 0.3) is 5.56 Å². The molecule has 4 N–H and O–H groups in total. The van der Waals surface area contributed by atoms with Crippen molar-refractivity contribution < 1.29 is 42.9 Å². The van der Waals surface area contributed by atoms with Gasteiger partial charge >= 0.3 is 19.4 Å². The predicted octanol–water partition coefficient (Wildman–Crippen LogP) is 1.14. The van der Waals surface area contributed by atoms with Gasteiger partial charge in [0.05, 0.1) is 31.3 Å². The second-order valence-electron chi connectivity index (χ2n) is 10.3. The van der Waals surface area contributed by atoms with Gasteiger partial charge in [0.1, 0.15) is 23.1 Å². The standard InChI is InChI=1S/C23H37ClN3O11PS/c1-13(2)37-18(31)14(3)26-39(34,35-9-10-40-20(32)22(4,5)12-28)36-11-15-17(30)23(6,24)19(38-15)27-8-7-16(29)25-21(27)33/h7-8,13-15,17,19,28,30H,9-12H2,1-6H3,(H,26,34)(H,25,29,33)/t14-,15-,17-,19-,23-,39?/m1/s1. The van der Waals surface area contributed by atoms with E-state index < -0.39 is 72.4 Å². The highest BCUT2D eigenvalue weighted by Gasteiger charge is 2.54. The molecule has 1 unspecified atom stereocenters. The minimum Gasteiger partial charge on any atom is -0.462 e. The van der Waals surface area contributed by atoms with Crippen LogP contribution in [-0.2, 0) is 32.7 Å². The van der Waals surface area contributed by atoms with Crippen LogP contribution in [0.1, 0.15) is 47.8 Å². The quantitative estimate of drug-likeness (QED) is 0.0991. The van der Waals surface area contributed by atoms with Crippen molar-refractivity contribution in [3.8, 4) is 0 Å². The monoisotopic (exact) mass is 629 g/mol. The highest BCUT2D eigenvalue weighted by atomic mass is 35.5. The van der Waals surface area contributed by atoms with Gasteiger partial charge in [-0.05, 0) is 41.5 Å². The lowest BCUT2D eigenvalue weighted by atomic mass is 9.97. The molecule has 0 aromatic carbocycles. The number of hydrogen-bond acceptors (Lipinski definition) is 12. The third-order valence-electron chi connectivity index (χ3n) is 5.81. The van der Waals surface area contributed by atoms with E-state index in [2.05, 4.69) is 10.1 Å². The van der Waals surface area contributed by atoms with Gasteiger partial charge in [0, 0.05) is 18.0 Å². The van der Waals surface area contributed by atoms with Crippen molar-refractivity contribution in [2.45, 2.75) is 77.0 Å². The second-order valence-corrected chi connectivity index (χ2v) is 13.9. The topological polar surface area (TPSA) is 195 Å². The number of aliphatic hydroxyl groups excluding tert-OH is 2. The maximum Gasteiger partial charge on any atom is 0.406 e. The number of esters is 1. The number of hydrogen-bond donors (Lipinski definition) is 4. The first kappa shape index (κ1) is 34.7. The Balaban J connectivity index is 2.16. The number of aliphatic hydroxyl groups is 2. The van der Waals surface area contributed by atoms with E-state index in [1.54, 1.807) is 27.7 Å². The number of alkyl halides is 1. The second kappa shape index (κ2) is 14.1. The molecule has 17 heteroatoms. The molecular weight excluding hydrogens is 593 g/mol. The van der Waals surface area contributed by atoms with E-state index in [9.17, 15) is 34.0 Å². The summed E-state index contributed by atoms with van der Waals surface area (Å²) < 4.78 is 36.5. The van der Waals surface area contributed by atoms with Crippen molar-refractivity contribution in [3.63, 3.8) is 0 Å². The Labute approximate surface area is 240 Å². The molecule has 14 nitrogen and oxygen atoms in total. The zero-order valence-electron chi connectivity index (χ0n) is 23.1. The van der Waals surface area contributed by atoms with Crippen LogP contribution in [0.15, 0.2) is 21.9 Å². The van der Waals surface area contributed by atoms with Crippen LogP contribution < -0.4 is 16.3 Å². The van der Waals surface area contributed by atoms with Crippen molar-refractivity contribution in [1.82, 2.24) is 14.6 Å². The summed E-state index contributed by atoms with van der Waals surface area (Å²) >= 11 is 7.38. The minimum atomic E-state index is -4.28. The highest BCUT2D eigenvalue weighted by molar-refractivity contribution is 8.13.